The van der Waals surface area contributed by atoms with E-state index in [1.807, 2.05) is 0 Å². The van der Waals surface area contributed by atoms with Gasteiger partial charge in [0.1, 0.15) is 5.78 Å². The van der Waals surface area contributed by atoms with Gasteiger partial charge < -0.3 is 5.11 Å². The minimum atomic E-state index is -0.348. The van der Waals surface area contributed by atoms with E-state index in [9.17, 15) is 14.7 Å². The van der Waals surface area contributed by atoms with E-state index in [0.29, 0.717) is 42.2 Å². The van der Waals surface area contributed by atoms with Crippen LogP contribution in [-0.4, -0.2) is 27.6 Å². The fraction of sp³-hybridized carbons (Fsp3) is 0.895. The Labute approximate surface area is 146 Å². The summed E-state index contributed by atoms with van der Waals surface area (Å²) in [6.07, 6.45) is 5.57. The fourth-order valence-electron chi connectivity index (χ4n) is 6.77. The van der Waals surface area contributed by atoms with Gasteiger partial charge in [0, 0.05) is 18.3 Å². The van der Waals surface area contributed by atoms with Crippen LogP contribution in [0.2, 0.25) is 0 Å². The molecule has 128 valence electrons. The van der Waals surface area contributed by atoms with E-state index < -0.39 is 0 Å². The molecule has 4 rings (SSSR count). The molecular weight excluding hydrogens is 356 g/mol. The summed E-state index contributed by atoms with van der Waals surface area (Å²) in [5, 5.41) is 10.9. The molecule has 0 aromatic rings. The van der Waals surface area contributed by atoms with Gasteiger partial charge in [-0.1, -0.05) is 29.8 Å². The first-order valence-corrected chi connectivity index (χ1v) is 10.1. The van der Waals surface area contributed by atoms with Crippen LogP contribution in [-0.2, 0) is 9.59 Å². The molecule has 0 saturated heterocycles. The smallest absolute Gasteiger partial charge is 0.152 e. The second kappa shape index (κ2) is 5.14. The van der Waals surface area contributed by atoms with Crippen LogP contribution >= 0.6 is 15.9 Å². The molecule has 0 aromatic heterocycles. The van der Waals surface area contributed by atoms with Crippen molar-refractivity contribution in [3.8, 4) is 0 Å². The lowest BCUT2D eigenvalue weighted by Gasteiger charge is -2.60. The van der Waals surface area contributed by atoms with E-state index in [2.05, 4.69) is 29.8 Å². The molecule has 3 unspecified atom stereocenters. The number of Topliss-reactive ketones (excluding diaryl/α,β-unsaturated/α-hetero) is 2. The van der Waals surface area contributed by atoms with Crippen LogP contribution in [0.5, 0.6) is 0 Å². The number of halogens is 1. The van der Waals surface area contributed by atoms with Crippen molar-refractivity contribution >= 4 is 27.5 Å². The largest absolute Gasteiger partial charge is 0.393 e. The molecular formula is C19H27BrO3. The Morgan fingerprint density at radius 3 is 2.61 bits per heavy atom. The molecule has 0 bridgehead atoms. The predicted octanol–water partition coefficient (Wildman–Crippen LogP) is 3.51. The third kappa shape index (κ3) is 2.09. The molecule has 4 aliphatic carbocycles. The quantitative estimate of drug-likeness (QED) is 0.652. The third-order valence-electron chi connectivity index (χ3n) is 8.20. The van der Waals surface area contributed by atoms with Gasteiger partial charge in [-0.05, 0) is 61.2 Å². The molecule has 4 saturated carbocycles. The maximum Gasteiger partial charge on any atom is 0.152 e. The summed E-state index contributed by atoms with van der Waals surface area (Å²) in [5.41, 5.74) is -0.0867. The number of aliphatic hydroxyl groups excluding tert-OH is 1. The van der Waals surface area contributed by atoms with Crippen LogP contribution in [0.25, 0.3) is 0 Å². The highest BCUT2D eigenvalue weighted by Gasteiger charge is 2.64. The molecule has 8 atom stereocenters. The van der Waals surface area contributed by atoms with Crippen molar-refractivity contribution in [1.29, 1.82) is 0 Å². The Balaban J connectivity index is 1.70. The molecule has 23 heavy (non-hydrogen) atoms. The average Bonchev–Trinajstić information content (AvgIpc) is 2.73. The summed E-state index contributed by atoms with van der Waals surface area (Å²) in [6, 6.07) is 0. The van der Waals surface area contributed by atoms with Crippen molar-refractivity contribution in [3.63, 3.8) is 0 Å². The van der Waals surface area contributed by atoms with Gasteiger partial charge in [-0.15, -0.1) is 0 Å². The molecule has 1 N–H and O–H groups in total. The van der Waals surface area contributed by atoms with Gasteiger partial charge in [-0.3, -0.25) is 9.59 Å². The Hall–Kier alpha value is -0.220. The maximum absolute atomic E-state index is 12.7. The molecule has 0 aromatic carbocycles. The summed E-state index contributed by atoms with van der Waals surface area (Å²) in [7, 11) is 0. The van der Waals surface area contributed by atoms with E-state index >= 15 is 0 Å². The highest BCUT2D eigenvalue weighted by atomic mass is 79.9. The lowest BCUT2D eigenvalue weighted by atomic mass is 9.44. The molecule has 0 heterocycles. The summed E-state index contributed by atoms with van der Waals surface area (Å²) < 4.78 is 0. The van der Waals surface area contributed by atoms with E-state index in [1.165, 1.54) is 0 Å². The lowest BCUT2D eigenvalue weighted by Crippen LogP contribution is -2.58. The monoisotopic (exact) mass is 382 g/mol. The van der Waals surface area contributed by atoms with Crippen LogP contribution in [0.3, 0.4) is 0 Å². The predicted molar refractivity (Wildman–Crippen MR) is 91.2 cm³/mol. The number of carbonyl (C=O) groups excluding carboxylic acids is 2. The van der Waals surface area contributed by atoms with E-state index in [0.717, 1.165) is 32.1 Å². The van der Waals surface area contributed by atoms with Crippen LogP contribution in [0.1, 0.15) is 58.8 Å². The minimum Gasteiger partial charge on any atom is -0.393 e. The molecule has 0 amide bonds. The molecule has 4 fully saturated rings. The minimum absolute atomic E-state index is 0.0399. The molecule has 0 radical (unpaired) electrons. The summed E-state index contributed by atoms with van der Waals surface area (Å²) in [6.45, 7) is 4.49. The summed E-state index contributed by atoms with van der Waals surface area (Å²) in [4.78, 5) is 24.5. The van der Waals surface area contributed by atoms with Crippen LogP contribution in [0.15, 0.2) is 0 Å². The van der Waals surface area contributed by atoms with Crippen molar-refractivity contribution < 1.29 is 14.7 Å². The zero-order valence-corrected chi connectivity index (χ0v) is 15.6. The van der Waals surface area contributed by atoms with Crippen molar-refractivity contribution in [2.75, 3.05) is 0 Å². The number of hydrogen-bond donors (Lipinski definition) is 1. The molecule has 0 aliphatic heterocycles. The molecule has 4 aliphatic rings. The topological polar surface area (TPSA) is 54.4 Å². The summed E-state index contributed by atoms with van der Waals surface area (Å²) >= 11 is 3.58. The number of ketones is 2. The van der Waals surface area contributed by atoms with Crippen LogP contribution in [0.4, 0.5) is 0 Å². The van der Waals surface area contributed by atoms with Crippen molar-refractivity contribution in [2.24, 2.45) is 34.5 Å². The van der Waals surface area contributed by atoms with Crippen molar-refractivity contribution in [3.05, 3.63) is 0 Å². The second-order valence-electron chi connectivity index (χ2n) is 9.06. The third-order valence-corrected chi connectivity index (χ3v) is 8.99. The first kappa shape index (κ1) is 16.3. The number of aliphatic hydroxyl groups is 1. The Morgan fingerprint density at radius 2 is 1.87 bits per heavy atom. The Bertz CT molecular complexity index is 561. The zero-order chi connectivity index (χ0) is 16.6. The van der Waals surface area contributed by atoms with Gasteiger partial charge in [0.25, 0.3) is 0 Å². The SMILES string of the molecule is C[C@]12CCC(=O)CC1CC(O)[C@@H]1[C@H]2CC[C@]2(C)C(=O)C(Br)C[C@@H]12. The standard InChI is InChI=1S/C19H27BrO3/c1-18-5-3-11(21)7-10(18)8-15(22)16-12(18)4-6-19(2)13(16)9-14(20)17(19)23/h10,12-16,22H,3-9H2,1-2H3/t10?,12-,13+,14?,15?,16-,18+,19+/m1/s1. The normalized spacial score (nSPS) is 56.0. The van der Waals surface area contributed by atoms with Crippen LogP contribution in [0, 0.1) is 34.5 Å². The van der Waals surface area contributed by atoms with Crippen molar-refractivity contribution in [1.82, 2.24) is 0 Å². The van der Waals surface area contributed by atoms with Gasteiger partial charge in [0.2, 0.25) is 0 Å². The van der Waals surface area contributed by atoms with Crippen LogP contribution < -0.4 is 0 Å². The first-order chi connectivity index (χ1) is 10.8. The van der Waals surface area contributed by atoms with Gasteiger partial charge in [0.05, 0.1) is 10.9 Å². The van der Waals surface area contributed by atoms with Gasteiger partial charge in [-0.25, -0.2) is 0 Å². The first-order valence-electron chi connectivity index (χ1n) is 9.15. The number of alkyl halides is 1. The molecule has 4 heteroatoms. The number of fused-ring (bicyclic) bond motifs is 5. The van der Waals surface area contributed by atoms with E-state index in [-0.39, 0.29) is 27.7 Å². The van der Waals surface area contributed by atoms with E-state index in [1.54, 1.807) is 0 Å². The highest BCUT2D eigenvalue weighted by molar-refractivity contribution is 9.10. The van der Waals surface area contributed by atoms with Crippen molar-refractivity contribution in [2.45, 2.75) is 69.7 Å². The van der Waals surface area contributed by atoms with Gasteiger partial charge in [0.15, 0.2) is 5.78 Å². The highest BCUT2D eigenvalue weighted by Crippen LogP contribution is 2.65. The molecule has 0 spiro atoms. The second-order valence-corrected chi connectivity index (χ2v) is 10.2. The van der Waals surface area contributed by atoms with E-state index in [4.69, 9.17) is 0 Å². The Kier molecular flexibility index (Phi) is 3.63. The lowest BCUT2D eigenvalue weighted by molar-refractivity contribution is -0.166. The number of rotatable bonds is 0. The zero-order valence-electron chi connectivity index (χ0n) is 14.1. The maximum atomic E-state index is 12.7. The van der Waals surface area contributed by atoms with Gasteiger partial charge >= 0.3 is 0 Å². The number of carbonyl (C=O) groups is 2. The Morgan fingerprint density at radius 1 is 1.13 bits per heavy atom. The summed E-state index contributed by atoms with van der Waals surface area (Å²) in [5.74, 6) is 2.04. The molecule has 3 nitrogen and oxygen atoms in total. The van der Waals surface area contributed by atoms with Gasteiger partial charge in [-0.2, -0.15) is 0 Å². The number of hydrogen-bond acceptors (Lipinski definition) is 3. The average molecular weight is 383 g/mol. The fourth-order valence-corrected chi connectivity index (χ4v) is 7.69.